The molecule has 108 valence electrons. The fraction of sp³-hybridized carbons (Fsp3) is 0.250. The van der Waals surface area contributed by atoms with E-state index >= 15 is 0 Å². The third kappa shape index (κ3) is 4.07. The highest BCUT2D eigenvalue weighted by Gasteiger charge is 2.08. The summed E-state index contributed by atoms with van der Waals surface area (Å²) in [6.45, 7) is 0. The standard InChI is InChI=1S/C16H17N3OS/c1-19(2)14-5-3-4-12(10-14)6-7-15(20)18-16-13(11-17)8-9-21-16/h3-5,8-10H,6-7H2,1-2H3,(H,18,20). The van der Waals surface area contributed by atoms with Crippen LogP contribution in [-0.4, -0.2) is 20.0 Å². The van der Waals surface area contributed by atoms with Crippen LogP contribution < -0.4 is 10.2 Å². The molecule has 0 fully saturated rings. The molecule has 0 saturated heterocycles. The molecule has 21 heavy (non-hydrogen) atoms. The fourth-order valence-electron chi connectivity index (χ4n) is 1.93. The first kappa shape index (κ1) is 15.1. The molecule has 0 saturated carbocycles. The monoisotopic (exact) mass is 299 g/mol. The summed E-state index contributed by atoms with van der Waals surface area (Å²) in [5.41, 5.74) is 2.77. The van der Waals surface area contributed by atoms with Gasteiger partial charge >= 0.3 is 0 Å². The number of carbonyl (C=O) groups is 1. The summed E-state index contributed by atoms with van der Waals surface area (Å²) in [6, 6.07) is 11.9. The Morgan fingerprint density at radius 3 is 2.90 bits per heavy atom. The topological polar surface area (TPSA) is 56.1 Å². The van der Waals surface area contributed by atoms with Gasteiger partial charge in [0.25, 0.3) is 0 Å². The third-order valence-electron chi connectivity index (χ3n) is 3.11. The summed E-state index contributed by atoms with van der Waals surface area (Å²) in [7, 11) is 3.98. The van der Waals surface area contributed by atoms with Gasteiger partial charge in [0, 0.05) is 26.2 Å². The zero-order valence-corrected chi connectivity index (χ0v) is 12.9. The van der Waals surface area contributed by atoms with E-state index in [-0.39, 0.29) is 5.91 Å². The fourth-order valence-corrected chi connectivity index (χ4v) is 2.68. The van der Waals surface area contributed by atoms with Gasteiger partial charge < -0.3 is 10.2 Å². The first-order chi connectivity index (χ1) is 10.1. The SMILES string of the molecule is CN(C)c1cccc(CCC(=O)Nc2sccc2C#N)c1. The zero-order chi connectivity index (χ0) is 15.2. The van der Waals surface area contributed by atoms with E-state index in [1.807, 2.05) is 37.2 Å². The van der Waals surface area contributed by atoms with Crippen molar-refractivity contribution in [2.75, 3.05) is 24.3 Å². The number of thiophene rings is 1. The molecule has 1 N–H and O–H groups in total. The Balaban J connectivity index is 1.93. The molecule has 1 aromatic heterocycles. The summed E-state index contributed by atoms with van der Waals surface area (Å²) in [6.07, 6.45) is 1.08. The Hall–Kier alpha value is -2.32. The zero-order valence-electron chi connectivity index (χ0n) is 12.1. The lowest BCUT2D eigenvalue weighted by Gasteiger charge is -2.13. The van der Waals surface area contributed by atoms with E-state index in [0.717, 1.165) is 11.3 Å². The van der Waals surface area contributed by atoms with E-state index in [1.165, 1.54) is 11.3 Å². The highest BCUT2D eigenvalue weighted by Crippen LogP contribution is 2.22. The molecule has 1 aromatic carbocycles. The van der Waals surface area contributed by atoms with Gasteiger partial charge in [-0.05, 0) is 35.6 Å². The second kappa shape index (κ2) is 6.91. The van der Waals surface area contributed by atoms with Crippen LogP contribution in [0.1, 0.15) is 17.5 Å². The van der Waals surface area contributed by atoms with Crippen molar-refractivity contribution < 1.29 is 4.79 Å². The molecule has 0 aliphatic heterocycles. The Morgan fingerprint density at radius 2 is 2.19 bits per heavy atom. The molecule has 0 bridgehead atoms. The van der Waals surface area contributed by atoms with Crippen molar-refractivity contribution in [3.8, 4) is 6.07 Å². The van der Waals surface area contributed by atoms with Crippen LogP contribution in [0.4, 0.5) is 10.7 Å². The van der Waals surface area contributed by atoms with Crippen LogP contribution in [0.3, 0.4) is 0 Å². The van der Waals surface area contributed by atoms with Gasteiger partial charge in [-0.3, -0.25) is 4.79 Å². The average molecular weight is 299 g/mol. The number of nitrogens with zero attached hydrogens (tertiary/aromatic N) is 2. The maximum Gasteiger partial charge on any atom is 0.225 e. The summed E-state index contributed by atoms with van der Waals surface area (Å²) in [5.74, 6) is -0.0655. The quantitative estimate of drug-likeness (QED) is 0.922. The molecular weight excluding hydrogens is 282 g/mol. The first-order valence-corrected chi connectivity index (χ1v) is 7.52. The van der Waals surface area contributed by atoms with E-state index in [9.17, 15) is 4.79 Å². The molecule has 0 atom stereocenters. The highest BCUT2D eigenvalue weighted by molar-refractivity contribution is 7.14. The number of nitrogens with one attached hydrogen (secondary N) is 1. The lowest BCUT2D eigenvalue weighted by Crippen LogP contribution is -2.12. The van der Waals surface area contributed by atoms with Gasteiger partial charge in [-0.2, -0.15) is 5.26 Å². The molecule has 5 heteroatoms. The van der Waals surface area contributed by atoms with E-state index in [1.54, 1.807) is 11.4 Å². The van der Waals surface area contributed by atoms with Crippen LogP contribution in [0, 0.1) is 11.3 Å². The van der Waals surface area contributed by atoms with Crippen molar-refractivity contribution in [2.45, 2.75) is 12.8 Å². The average Bonchev–Trinajstić information content (AvgIpc) is 2.92. The van der Waals surface area contributed by atoms with Crippen molar-refractivity contribution in [2.24, 2.45) is 0 Å². The minimum atomic E-state index is -0.0655. The molecule has 0 spiro atoms. The van der Waals surface area contributed by atoms with Crippen LogP contribution in [0.15, 0.2) is 35.7 Å². The second-order valence-electron chi connectivity index (χ2n) is 4.89. The number of rotatable bonds is 5. The van der Waals surface area contributed by atoms with Crippen molar-refractivity contribution in [1.29, 1.82) is 5.26 Å². The Bertz CT molecular complexity index is 670. The van der Waals surface area contributed by atoms with Gasteiger partial charge in [-0.15, -0.1) is 11.3 Å². The molecular formula is C16H17N3OS. The number of benzene rings is 1. The number of hydrogen-bond donors (Lipinski definition) is 1. The maximum atomic E-state index is 11.9. The molecule has 0 radical (unpaired) electrons. The number of carbonyl (C=O) groups excluding carboxylic acids is 1. The number of aryl methyl sites for hydroxylation is 1. The highest BCUT2D eigenvalue weighted by atomic mass is 32.1. The number of hydrogen-bond acceptors (Lipinski definition) is 4. The van der Waals surface area contributed by atoms with Crippen molar-refractivity contribution in [1.82, 2.24) is 0 Å². The van der Waals surface area contributed by atoms with Crippen LogP contribution in [0.25, 0.3) is 0 Å². The molecule has 1 heterocycles. The third-order valence-corrected chi connectivity index (χ3v) is 3.94. The number of anilines is 2. The first-order valence-electron chi connectivity index (χ1n) is 6.64. The molecule has 2 aromatic rings. The Labute approximate surface area is 128 Å². The van der Waals surface area contributed by atoms with Gasteiger partial charge in [0.2, 0.25) is 5.91 Å². The summed E-state index contributed by atoms with van der Waals surface area (Å²) < 4.78 is 0. The molecule has 0 aliphatic rings. The van der Waals surface area contributed by atoms with Crippen molar-refractivity contribution in [3.05, 3.63) is 46.8 Å². The van der Waals surface area contributed by atoms with Gasteiger partial charge in [0.15, 0.2) is 0 Å². The van der Waals surface area contributed by atoms with Crippen molar-refractivity contribution >= 4 is 27.9 Å². The van der Waals surface area contributed by atoms with Crippen LogP contribution >= 0.6 is 11.3 Å². The smallest absolute Gasteiger partial charge is 0.225 e. The Kier molecular flexibility index (Phi) is 4.96. The molecule has 2 rings (SSSR count). The predicted molar refractivity (Wildman–Crippen MR) is 86.8 cm³/mol. The summed E-state index contributed by atoms with van der Waals surface area (Å²) in [5, 5.41) is 14.1. The predicted octanol–water partition coefficient (Wildman–Crippen LogP) is 3.26. The van der Waals surface area contributed by atoms with E-state index in [4.69, 9.17) is 5.26 Å². The van der Waals surface area contributed by atoms with Gasteiger partial charge in [-0.1, -0.05) is 12.1 Å². The minimum absolute atomic E-state index is 0.0655. The number of amides is 1. The van der Waals surface area contributed by atoms with Gasteiger partial charge in [-0.25, -0.2) is 0 Å². The minimum Gasteiger partial charge on any atom is -0.378 e. The molecule has 4 nitrogen and oxygen atoms in total. The number of nitriles is 1. The van der Waals surface area contributed by atoms with Gasteiger partial charge in [0.1, 0.15) is 11.1 Å². The van der Waals surface area contributed by atoms with Crippen LogP contribution in [0.5, 0.6) is 0 Å². The molecule has 0 aliphatic carbocycles. The van der Waals surface area contributed by atoms with E-state index in [0.29, 0.717) is 23.4 Å². The maximum absolute atomic E-state index is 11.9. The largest absolute Gasteiger partial charge is 0.378 e. The molecule has 0 unspecified atom stereocenters. The van der Waals surface area contributed by atoms with Gasteiger partial charge in [0.05, 0.1) is 5.56 Å². The summed E-state index contributed by atoms with van der Waals surface area (Å²) in [4.78, 5) is 14.0. The summed E-state index contributed by atoms with van der Waals surface area (Å²) >= 11 is 1.37. The van der Waals surface area contributed by atoms with E-state index < -0.39 is 0 Å². The lowest BCUT2D eigenvalue weighted by molar-refractivity contribution is -0.116. The molecule has 1 amide bonds. The van der Waals surface area contributed by atoms with Crippen LogP contribution in [0.2, 0.25) is 0 Å². The van der Waals surface area contributed by atoms with Crippen molar-refractivity contribution in [3.63, 3.8) is 0 Å². The van der Waals surface area contributed by atoms with E-state index in [2.05, 4.69) is 17.5 Å². The second-order valence-corrected chi connectivity index (χ2v) is 5.80. The normalized spacial score (nSPS) is 9.95. The van der Waals surface area contributed by atoms with Crippen LogP contribution in [-0.2, 0) is 11.2 Å². The lowest BCUT2D eigenvalue weighted by atomic mass is 10.1. The Morgan fingerprint density at radius 1 is 1.38 bits per heavy atom.